The lowest BCUT2D eigenvalue weighted by atomic mass is 9.88. The minimum absolute atomic E-state index is 0.0744. The summed E-state index contributed by atoms with van der Waals surface area (Å²) in [6.07, 6.45) is 10.9. The van der Waals surface area contributed by atoms with Crippen LogP contribution in [0.2, 0.25) is 0 Å². The maximum absolute atomic E-state index is 13.7. The number of carbonyl (C=O) groups is 2. The number of pyridine rings is 2. The Morgan fingerprint density at radius 3 is 2.61 bits per heavy atom. The maximum atomic E-state index is 13.7. The number of rotatable bonds is 6. The number of amides is 3. The van der Waals surface area contributed by atoms with E-state index in [9.17, 15) is 19.5 Å². The Morgan fingerprint density at radius 2 is 1.92 bits per heavy atom. The van der Waals surface area contributed by atoms with Crippen molar-refractivity contribution in [2.45, 2.75) is 63.8 Å². The van der Waals surface area contributed by atoms with E-state index in [-0.39, 0.29) is 36.1 Å². The summed E-state index contributed by atoms with van der Waals surface area (Å²) in [5.41, 5.74) is 2.07. The number of nitrogens with zero attached hydrogens (tertiary/aromatic N) is 3. The van der Waals surface area contributed by atoms with E-state index in [0.717, 1.165) is 31.2 Å². The topological polar surface area (TPSA) is 117 Å². The van der Waals surface area contributed by atoms with E-state index in [0.29, 0.717) is 24.3 Å². The number of hydrogen-bond donors (Lipinski definition) is 3. The van der Waals surface area contributed by atoms with Gasteiger partial charge < -0.3 is 25.2 Å². The van der Waals surface area contributed by atoms with E-state index in [4.69, 9.17) is 0 Å². The Balaban J connectivity index is 1.49. The molecule has 4 atom stereocenters. The van der Waals surface area contributed by atoms with Crippen molar-refractivity contribution in [2.24, 2.45) is 11.8 Å². The number of carbonyl (C=O) groups excluding carboxylic acids is 2. The van der Waals surface area contributed by atoms with E-state index in [1.165, 1.54) is 0 Å². The second kappa shape index (κ2) is 10.3. The van der Waals surface area contributed by atoms with Gasteiger partial charge in [0, 0.05) is 61.2 Å². The molecule has 3 aliphatic rings. The summed E-state index contributed by atoms with van der Waals surface area (Å²) in [6.45, 7) is 2.26. The fraction of sp³-hybridized carbons (Fsp3) is 0.481. The second-order valence-electron chi connectivity index (χ2n) is 9.94. The van der Waals surface area contributed by atoms with Crippen LogP contribution in [-0.2, 0) is 17.9 Å². The first-order valence-electron chi connectivity index (χ1n) is 12.8. The first-order chi connectivity index (χ1) is 17.5. The predicted molar refractivity (Wildman–Crippen MR) is 135 cm³/mol. The van der Waals surface area contributed by atoms with Crippen LogP contribution in [0.3, 0.4) is 0 Å². The van der Waals surface area contributed by atoms with Crippen LogP contribution in [0.25, 0.3) is 6.08 Å². The molecule has 36 heavy (non-hydrogen) atoms. The molecule has 2 aliphatic heterocycles. The average molecular weight is 492 g/mol. The Bertz CT molecular complexity index is 1200. The van der Waals surface area contributed by atoms with Gasteiger partial charge in [0.2, 0.25) is 5.91 Å². The van der Waals surface area contributed by atoms with Crippen LogP contribution in [0.4, 0.5) is 4.79 Å². The molecule has 1 aliphatic carbocycles. The van der Waals surface area contributed by atoms with Gasteiger partial charge in [-0.25, -0.2) is 4.79 Å². The molecule has 5 rings (SSSR count). The van der Waals surface area contributed by atoms with Crippen LogP contribution < -0.4 is 16.2 Å². The van der Waals surface area contributed by atoms with Crippen molar-refractivity contribution in [1.29, 1.82) is 0 Å². The number of allylic oxidation sites excluding steroid dienone is 1. The number of likely N-dealkylation sites (tertiary alicyclic amines) is 1. The van der Waals surface area contributed by atoms with E-state index >= 15 is 0 Å². The minimum atomic E-state index is -0.840. The molecule has 1 saturated carbocycles. The molecule has 190 valence electrons. The molecule has 9 nitrogen and oxygen atoms in total. The van der Waals surface area contributed by atoms with Crippen molar-refractivity contribution >= 4 is 18.0 Å². The van der Waals surface area contributed by atoms with Crippen LogP contribution in [0.15, 0.2) is 47.5 Å². The number of aliphatic hydroxyl groups excluding tert-OH is 1. The molecule has 1 saturated heterocycles. The van der Waals surface area contributed by atoms with Crippen molar-refractivity contribution < 1.29 is 14.7 Å². The summed E-state index contributed by atoms with van der Waals surface area (Å²) in [5, 5.41) is 16.5. The van der Waals surface area contributed by atoms with Crippen LogP contribution in [0, 0.1) is 11.8 Å². The number of urea groups is 1. The lowest BCUT2D eigenvalue weighted by molar-refractivity contribution is -0.126. The van der Waals surface area contributed by atoms with E-state index in [1.807, 2.05) is 31.2 Å². The van der Waals surface area contributed by atoms with E-state index in [1.54, 1.807) is 34.0 Å². The Labute approximate surface area is 210 Å². The van der Waals surface area contributed by atoms with Gasteiger partial charge in [-0.1, -0.05) is 25.0 Å². The summed E-state index contributed by atoms with van der Waals surface area (Å²) in [4.78, 5) is 46.0. The molecular formula is C27H33N5O4. The molecule has 2 aromatic rings. The molecule has 4 heterocycles. The monoisotopic (exact) mass is 491 g/mol. The van der Waals surface area contributed by atoms with Crippen molar-refractivity contribution in [2.75, 3.05) is 6.61 Å². The van der Waals surface area contributed by atoms with E-state index < -0.39 is 18.0 Å². The smallest absolute Gasteiger partial charge is 0.318 e. The van der Waals surface area contributed by atoms with Crippen molar-refractivity contribution in [3.8, 4) is 0 Å². The number of nitrogens with one attached hydrogen (secondary N) is 2. The van der Waals surface area contributed by atoms with Gasteiger partial charge in [-0.3, -0.25) is 14.6 Å². The third-order valence-electron chi connectivity index (χ3n) is 7.85. The summed E-state index contributed by atoms with van der Waals surface area (Å²) in [5.74, 6) is -1.04. The molecular weight excluding hydrogens is 458 g/mol. The minimum Gasteiger partial charge on any atom is -0.396 e. The lowest BCUT2D eigenvalue weighted by Crippen LogP contribution is -2.54. The molecule has 3 N–H and O–H groups in total. The molecule has 2 fully saturated rings. The van der Waals surface area contributed by atoms with Crippen LogP contribution in [-0.4, -0.2) is 50.2 Å². The fourth-order valence-electron chi connectivity index (χ4n) is 6.15. The SMILES string of the molecule is C/C=C/c1ccc2n(c1=O)C[C@H]1[C@H](CO)[C@@H](C(=O)NCc3ccncc3)N(C(=O)NC3CCCC3)[C@@H]21. The average Bonchev–Trinajstić information content (AvgIpc) is 3.60. The van der Waals surface area contributed by atoms with Gasteiger partial charge in [0.15, 0.2) is 0 Å². The van der Waals surface area contributed by atoms with Crippen LogP contribution >= 0.6 is 0 Å². The zero-order valence-electron chi connectivity index (χ0n) is 20.5. The molecule has 0 unspecified atom stereocenters. The standard InChI is InChI=1S/C27H33N5O4/c1-2-5-18-8-9-22-23-20(15-31(22)26(18)35)21(16-33)24(25(34)29-14-17-10-12-28-13-11-17)32(23)27(36)30-19-6-3-4-7-19/h2,5,8-13,19-21,23-24,33H,3-4,6-7,14-16H2,1H3,(H,29,34)(H,30,36)/b5-2+/t20-,21-,23+,24-/m0/s1. The van der Waals surface area contributed by atoms with Crippen LogP contribution in [0.1, 0.15) is 55.5 Å². The zero-order chi connectivity index (χ0) is 25.2. The normalized spacial score (nSPS) is 25.2. The zero-order valence-corrected chi connectivity index (χ0v) is 20.5. The molecule has 0 spiro atoms. The number of aliphatic hydroxyl groups is 1. The largest absolute Gasteiger partial charge is 0.396 e. The molecule has 0 aromatic carbocycles. The molecule has 0 bridgehead atoms. The highest BCUT2D eigenvalue weighted by molar-refractivity contribution is 5.88. The molecule has 9 heteroatoms. The molecule has 3 amide bonds. The summed E-state index contributed by atoms with van der Waals surface area (Å²) in [7, 11) is 0. The van der Waals surface area contributed by atoms with Gasteiger partial charge in [-0.15, -0.1) is 0 Å². The predicted octanol–water partition coefficient (Wildman–Crippen LogP) is 2.21. The first kappa shape index (κ1) is 24.2. The third-order valence-corrected chi connectivity index (χ3v) is 7.85. The van der Waals surface area contributed by atoms with Gasteiger partial charge in [0.05, 0.1) is 6.04 Å². The van der Waals surface area contributed by atoms with Gasteiger partial charge in [0.1, 0.15) is 6.04 Å². The highest BCUT2D eigenvalue weighted by atomic mass is 16.3. The summed E-state index contributed by atoms with van der Waals surface area (Å²) < 4.78 is 1.70. The van der Waals surface area contributed by atoms with Crippen molar-refractivity contribution in [1.82, 2.24) is 25.1 Å². The van der Waals surface area contributed by atoms with Gasteiger partial charge in [-0.05, 0) is 49.6 Å². The molecule has 2 aromatic heterocycles. The van der Waals surface area contributed by atoms with E-state index in [2.05, 4.69) is 15.6 Å². The van der Waals surface area contributed by atoms with Crippen molar-refractivity contribution in [3.05, 3.63) is 69.9 Å². The maximum Gasteiger partial charge on any atom is 0.318 e. The second-order valence-corrected chi connectivity index (χ2v) is 9.94. The Hall–Kier alpha value is -3.46. The first-order valence-corrected chi connectivity index (χ1v) is 12.8. The lowest BCUT2D eigenvalue weighted by Gasteiger charge is -2.32. The van der Waals surface area contributed by atoms with Gasteiger partial charge in [-0.2, -0.15) is 0 Å². The quantitative estimate of drug-likeness (QED) is 0.573. The van der Waals surface area contributed by atoms with Gasteiger partial charge >= 0.3 is 6.03 Å². The summed E-state index contributed by atoms with van der Waals surface area (Å²) in [6, 6.07) is 5.75. The Kier molecular flexibility index (Phi) is 6.91. The third kappa shape index (κ3) is 4.32. The number of fused-ring (bicyclic) bond motifs is 3. The highest BCUT2D eigenvalue weighted by Crippen LogP contribution is 2.49. The molecule has 0 radical (unpaired) electrons. The fourth-order valence-corrected chi connectivity index (χ4v) is 6.15. The highest BCUT2D eigenvalue weighted by Gasteiger charge is 2.57. The summed E-state index contributed by atoms with van der Waals surface area (Å²) >= 11 is 0. The Morgan fingerprint density at radius 1 is 1.17 bits per heavy atom. The number of aromatic nitrogens is 2. The van der Waals surface area contributed by atoms with Crippen molar-refractivity contribution in [3.63, 3.8) is 0 Å². The van der Waals surface area contributed by atoms with Crippen LogP contribution in [0.5, 0.6) is 0 Å². The number of hydrogen-bond acceptors (Lipinski definition) is 5. The van der Waals surface area contributed by atoms with Gasteiger partial charge in [0.25, 0.3) is 5.56 Å².